The second kappa shape index (κ2) is 9.47. The molecule has 1 amide bonds. The minimum absolute atomic E-state index is 0.0102. The van der Waals surface area contributed by atoms with Crippen molar-refractivity contribution in [1.29, 1.82) is 0 Å². The molecule has 174 valence electrons. The average Bonchev–Trinajstić information content (AvgIpc) is 3.39. The van der Waals surface area contributed by atoms with Gasteiger partial charge in [0.15, 0.2) is 0 Å². The number of imidazole rings is 1. The first-order valence-electron chi connectivity index (χ1n) is 11.6. The molecule has 1 aliphatic rings. The molecule has 0 N–H and O–H groups in total. The van der Waals surface area contributed by atoms with Crippen molar-refractivity contribution in [2.24, 2.45) is 0 Å². The number of hydrogen-bond acceptors (Lipinski definition) is 5. The van der Waals surface area contributed by atoms with Crippen molar-refractivity contribution in [3.05, 3.63) is 78.6 Å². The minimum atomic E-state index is 0.0102. The molecule has 1 saturated heterocycles. The molecule has 0 saturated carbocycles. The minimum Gasteiger partial charge on any atom is -0.497 e. The quantitative estimate of drug-likeness (QED) is 0.431. The van der Waals surface area contributed by atoms with Crippen LogP contribution in [0.5, 0.6) is 11.5 Å². The van der Waals surface area contributed by atoms with E-state index in [-0.39, 0.29) is 5.91 Å². The number of nitrogens with zero attached hydrogens (tertiary/aromatic N) is 4. The molecule has 7 nitrogen and oxygen atoms in total. The van der Waals surface area contributed by atoms with Crippen LogP contribution in [0.15, 0.2) is 73.1 Å². The van der Waals surface area contributed by atoms with Crippen LogP contribution in [-0.4, -0.2) is 60.3 Å². The van der Waals surface area contributed by atoms with Gasteiger partial charge in [-0.1, -0.05) is 36.4 Å². The van der Waals surface area contributed by atoms with E-state index in [0.29, 0.717) is 44.1 Å². The number of piperazine rings is 1. The number of aromatic nitrogens is 2. The number of carbonyl (C=O) groups is 1. The number of methoxy groups -OCH3 is 1. The molecule has 2 heterocycles. The maximum atomic E-state index is 13.7. The first kappa shape index (κ1) is 21.8. The summed E-state index contributed by atoms with van der Waals surface area (Å²) in [6, 6.07) is 19.8. The van der Waals surface area contributed by atoms with Crippen LogP contribution in [0.25, 0.3) is 16.5 Å². The number of carbonyl (C=O) groups excluding carboxylic acids is 1. The van der Waals surface area contributed by atoms with Crippen molar-refractivity contribution in [3.8, 4) is 17.2 Å². The second-order valence-electron chi connectivity index (χ2n) is 8.17. The Labute approximate surface area is 199 Å². The highest BCUT2D eigenvalue weighted by Crippen LogP contribution is 2.30. The molecule has 1 fully saturated rings. The predicted molar refractivity (Wildman–Crippen MR) is 133 cm³/mol. The molecular formula is C27H28N4O3. The molecule has 34 heavy (non-hydrogen) atoms. The normalized spacial score (nSPS) is 13.8. The molecule has 5 rings (SSSR count). The van der Waals surface area contributed by atoms with E-state index < -0.39 is 0 Å². The molecule has 0 spiro atoms. The molecule has 4 aromatic rings. The van der Waals surface area contributed by atoms with Crippen molar-refractivity contribution in [2.75, 3.05) is 44.8 Å². The van der Waals surface area contributed by atoms with Crippen LogP contribution in [0.3, 0.4) is 0 Å². The van der Waals surface area contributed by atoms with Gasteiger partial charge in [0.25, 0.3) is 5.91 Å². The predicted octanol–water partition coefficient (Wildman–Crippen LogP) is 4.40. The zero-order chi connectivity index (χ0) is 23.5. The van der Waals surface area contributed by atoms with E-state index in [9.17, 15) is 4.79 Å². The lowest BCUT2D eigenvalue weighted by Crippen LogP contribution is -2.49. The number of anilines is 1. The molecular weight excluding hydrogens is 428 g/mol. The monoisotopic (exact) mass is 456 g/mol. The van der Waals surface area contributed by atoms with Crippen LogP contribution in [0.2, 0.25) is 0 Å². The van der Waals surface area contributed by atoms with E-state index in [0.717, 1.165) is 28.2 Å². The zero-order valence-electron chi connectivity index (χ0n) is 19.5. The Bertz CT molecular complexity index is 1310. The fourth-order valence-electron chi connectivity index (χ4n) is 4.51. The van der Waals surface area contributed by atoms with E-state index in [4.69, 9.17) is 9.47 Å². The highest BCUT2D eigenvalue weighted by atomic mass is 16.5. The summed E-state index contributed by atoms with van der Waals surface area (Å²) in [5.41, 5.74) is 1.63. The summed E-state index contributed by atoms with van der Waals surface area (Å²) < 4.78 is 13.3. The van der Waals surface area contributed by atoms with Gasteiger partial charge < -0.3 is 19.3 Å². The third-order valence-corrected chi connectivity index (χ3v) is 6.21. The summed E-state index contributed by atoms with van der Waals surface area (Å²) in [5, 5.41) is 1.96. The summed E-state index contributed by atoms with van der Waals surface area (Å²) in [5.74, 6) is 2.31. The van der Waals surface area contributed by atoms with Gasteiger partial charge in [0, 0.05) is 44.6 Å². The summed E-state index contributed by atoms with van der Waals surface area (Å²) in [6.45, 7) is 5.06. The van der Waals surface area contributed by atoms with Crippen LogP contribution >= 0.6 is 0 Å². The lowest BCUT2D eigenvalue weighted by molar-refractivity contribution is 0.0744. The Balaban J connectivity index is 1.37. The van der Waals surface area contributed by atoms with Crippen LogP contribution < -0.4 is 14.4 Å². The maximum absolute atomic E-state index is 13.7. The standard InChI is InChI=1S/C27H28N4O3/c1-3-34-24-12-11-20-7-4-5-10-23(20)25(24)26(32)29-15-17-30(18-16-29)27-28-13-14-31(27)21-8-6-9-22(19-21)33-2/h4-14,19H,3,15-18H2,1-2H3. The average molecular weight is 457 g/mol. The van der Waals surface area contributed by atoms with Gasteiger partial charge in [-0.15, -0.1) is 0 Å². The van der Waals surface area contributed by atoms with Gasteiger partial charge in [0.1, 0.15) is 11.5 Å². The molecule has 0 aliphatic carbocycles. The van der Waals surface area contributed by atoms with Crippen molar-refractivity contribution in [1.82, 2.24) is 14.5 Å². The number of amides is 1. The van der Waals surface area contributed by atoms with E-state index >= 15 is 0 Å². The Morgan fingerprint density at radius 1 is 1.00 bits per heavy atom. The van der Waals surface area contributed by atoms with Crippen LogP contribution in [0.4, 0.5) is 5.95 Å². The lowest BCUT2D eigenvalue weighted by Gasteiger charge is -2.36. The van der Waals surface area contributed by atoms with Crippen molar-refractivity contribution < 1.29 is 14.3 Å². The smallest absolute Gasteiger partial charge is 0.258 e. The third-order valence-electron chi connectivity index (χ3n) is 6.21. The van der Waals surface area contributed by atoms with Crippen LogP contribution in [-0.2, 0) is 0 Å². The van der Waals surface area contributed by atoms with Gasteiger partial charge in [0.2, 0.25) is 5.95 Å². The lowest BCUT2D eigenvalue weighted by atomic mass is 10.0. The number of fused-ring (bicyclic) bond motifs is 1. The summed E-state index contributed by atoms with van der Waals surface area (Å²) in [4.78, 5) is 22.4. The summed E-state index contributed by atoms with van der Waals surface area (Å²) >= 11 is 0. The molecule has 1 aliphatic heterocycles. The number of ether oxygens (including phenoxy) is 2. The SMILES string of the molecule is CCOc1ccc2ccccc2c1C(=O)N1CCN(c2nccn2-c2cccc(OC)c2)CC1. The Hall–Kier alpha value is -4.00. The summed E-state index contributed by atoms with van der Waals surface area (Å²) in [6.07, 6.45) is 3.75. The van der Waals surface area contributed by atoms with Gasteiger partial charge in [-0.3, -0.25) is 9.36 Å². The van der Waals surface area contributed by atoms with E-state index in [1.807, 2.05) is 78.7 Å². The van der Waals surface area contributed by atoms with Crippen LogP contribution in [0.1, 0.15) is 17.3 Å². The highest BCUT2D eigenvalue weighted by molar-refractivity contribution is 6.09. The Morgan fingerprint density at radius 2 is 1.82 bits per heavy atom. The van der Waals surface area contributed by atoms with Crippen molar-refractivity contribution in [2.45, 2.75) is 6.92 Å². The molecule has 0 atom stereocenters. The molecule has 0 radical (unpaired) electrons. The van der Waals surface area contributed by atoms with Gasteiger partial charge in [0.05, 0.1) is 25.0 Å². The second-order valence-corrected chi connectivity index (χ2v) is 8.17. The molecule has 0 bridgehead atoms. The topological polar surface area (TPSA) is 59.8 Å². The Kier molecular flexibility index (Phi) is 6.08. The van der Waals surface area contributed by atoms with Crippen molar-refractivity contribution >= 4 is 22.6 Å². The largest absolute Gasteiger partial charge is 0.497 e. The van der Waals surface area contributed by atoms with Gasteiger partial charge in [-0.05, 0) is 35.9 Å². The first-order valence-corrected chi connectivity index (χ1v) is 11.6. The zero-order valence-corrected chi connectivity index (χ0v) is 19.5. The van der Waals surface area contributed by atoms with E-state index in [1.54, 1.807) is 13.3 Å². The first-order chi connectivity index (χ1) is 16.7. The number of benzene rings is 3. The van der Waals surface area contributed by atoms with Crippen LogP contribution in [0, 0.1) is 0 Å². The van der Waals surface area contributed by atoms with Gasteiger partial charge in [-0.2, -0.15) is 0 Å². The highest BCUT2D eigenvalue weighted by Gasteiger charge is 2.27. The summed E-state index contributed by atoms with van der Waals surface area (Å²) in [7, 11) is 1.66. The fraction of sp³-hybridized carbons (Fsp3) is 0.259. The van der Waals surface area contributed by atoms with E-state index in [1.165, 1.54) is 0 Å². The molecule has 0 unspecified atom stereocenters. The number of hydrogen-bond donors (Lipinski definition) is 0. The van der Waals surface area contributed by atoms with Crippen molar-refractivity contribution in [3.63, 3.8) is 0 Å². The van der Waals surface area contributed by atoms with Gasteiger partial charge in [-0.25, -0.2) is 4.98 Å². The molecule has 7 heteroatoms. The maximum Gasteiger partial charge on any atom is 0.258 e. The van der Waals surface area contributed by atoms with E-state index in [2.05, 4.69) is 14.5 Å². The molecule has 1 aromatic heterocycles. The number of rotatable bonds is 6. The Morgan fingerprint density at radius 3 is 2.62 bits per heavy atom. The molecule has 3 aromatic carbocycles. The fourth-order valence-corrected chi connectivity index (χ4v) is 4.51. The van der Waals surface area contributed by atoms with Gasteiger partial charge >= 0.3 is 0 Å². The third kappa shape index (κ3) is 4.05.